The minimum absolute atomic E-state index is 0.0736. The monoisotopic (exact) mass is 458 g/mol. The second-order valence-electron chi connectivity index (χ2n) is 9.92. The van der Waals surface area contributed by atoms with Crippen LogP contribution in [0.4, 0.5) is 5.69 Å². The maximum atomic E-state index is 12.6. The standard InChI is InChI=1S/C28H34N4O2/c1-6-19-18-32(24-16-26(33)31(5)23-13-10-21(17-29)30-27(23)24)15-14-25(19)34-22-11-8-20(9-12-22)28(3,4)7-2/h8-13,16,19,25H,6-7,14-15,18H2,1-5H3/t19?,25-/m0/s1. The van der Waals surface area contributed by atoms with Gasteiger partial charge in [-0.3, -0.25) is 4.79 Å². The van der Waals surface area contributed by atoms with Gasteiger partial charge in [0.15, 0.2) is 0 Å². The van der Waals surface area contributed by atoms with E-state index in [1.165, 1.54) is 5.56 Å². The van der Waals surface area contributed by atoms with E-state index >= 15 is 0 Å². The van der Waals surface area contributed by atoms with E-state index in [2.05, 4.69) is 67.9 Å². The molecular formula is C28H34N4O2. The van der Waals surface area contributed by atoms with Crippen LogP contribution in [-0.4, -0.2) is 28.7 Å². The molecule has 1 fully saturated rings. The number of rotatable bonds is 6. The Morgan fingerprint density at radius 2 is 1.91 bits per heavy atom. The fourth-order valence-electron chi connectivity index (χ4n) is 4.76. The Bertz CT molecular complexity index is 1270. The highest BCUT2D eigenvalue weighted by Gasteiger charge is 2.31. The summed E-state index contributed by atoms with van der Waals surface area (Å²) < 4.78 is 8.05. The average Bonchev–Trinajstić information content (AvgIpc) is 2.86. The first-order valence-corrected chi connectivity index (χ1v) is 12.2. The van der Waals surface area contributed by atoms with Gasteiger partial charge in [0.25, 0.3) is 5.56 Å². The normalized spacial score (nSPS) is 18.6. The predicted octanol–water partition coefficient (Wildman–Crippen LogP) is 5.18. The van der Waals surface area contributed by atoms with Crippen LogP contribution in [0.25, 0.3) is 11.0 Å². The Balaban J connectivity index is 1.57. The summed E-state index contributed by atoms with van der Waals surface area (Å²) in [6.07, 6.45) is 3.04. The number of aromatic nitrogens is 2. The molecule has 2 atom stereocenters. The zero-order chi connectivity index (χ0) is 24.5. The van der Waals surface area contributed by atoms with Crippen LogP contribution in [0.3, 0.4) is 0 Å². The second-order valence-corrected chi connectivity index (χ2v) is 9.92. The molecule has 4 rings (SSSR count). The summed E-state index contributed by atoms with van der Waals surface area (Å²) >= 11 is 0. The van der Waals surface area contributed by atoms with E-state index in [0.717, 1.165) is 49.3 Å². The third-order valence-electron chi connectivity index (χ3n) is 7.52. The van der Waals surface area contributed by atoms with Crippen LogP contribution in [0.15, 0.2) is 47.3 Å². The Labute approximate surface area is 201 Å². The summed E-state index contributed by atoms with van der Waals surface area (Å²) in [6, 6.07) is 15.8. The van der Waals surface area contributed by atoms with Gasteiger partial charge < -0.3 is 14.2 Å². The Kier molecular flexibility index (Phi) is 6.65. The quantitative estimate of drug-likeness (QED) is 0.509. The Morgan fingerprint density at radius 3 is 2.56 bits per heavy atom. The molecule has 0 saturated carbocycles. The van der Waals surface area contributed by atoms with Gasteiger partial charge in [-0.05, 0) is 48.1 Å². The highest BCUT2D eigenvalue weighted by Crippen LogP contribution is 2.33. The first-order chi connectivity index (χ1) is 16.3. The van der Waals surface area contributed by atoms with Gasteiger partial charge in [0.1, 0.15) is 29.1 Å². The van der Waals surface area contributed by atoms with Crippen molar-refractivity contribution in [2.45, 2.75) is 58.5 Å². The minimum atomic E-state index is -0.0736. The fourth-order valence-corrected chi connectivity index (χ4v) is 4.76. The smallest absolute Gasteiger partial charge is 0.252 e. The molecule has 0 bridgehead atoms. The second kappa shape index (κ2) is 9.50. The van der Waals surface area contributed by atoms with Gasteiger partial charge in [-0.2, -0.15) is 5.26 Å². The van der Waals surface area contributed by atoms with E-state index in [9.17, 15) is 10.1 Å². The number of ether oxygens (including phenoxy) is 1. The maximum absolute atomic E-state index is 12.6. The first kappa shape index (κ1) is 23.8. The van der Waals surface area contributed by atoms with Gasteiger partial charge in [0.2, 0.25) is 0 Å². The lowest BCUT2D eigenvalue weighted by Gasteiger charge is -2.39. The molecule has 1 aliphatic rings. The molecule has 0 N–H and O–H groups in total. The fraction of sp³-hybridized carbons (Fsp3) is 0.464. The topological polar surface area (TPSA) is 71.2 Å². The van der Waals surface area contributed by atoms with Crippen molar-refractivity contribution in [1.29, 1.82) is 5.26 Å². The average molecular weight is 459 g/mol. The van der Waals surface area contributed by atoms with E-state index in [1.807, 2.05) is 6.07 Å². The molecule has 3 heterocycles. The van der Waals surface area contributed by atoms with Crippen molar-refractivity contribution < 1.29 is 4.74 Å². The minimum Gasteiger partial charge on any atom is -0.490 e. The van der Waals surface area contributed by atoms with E-state index in [-0.39, 0.29) is 17.1 Å². The van der Waals surface area contributed by atoms with E-state index in [4.69, 9.17) is 4.74 Å². The van der Waals surface area contributed by atoms with E-state index < -0.39 is 0 Å². The molecule has 2 aromatic heterocycles. The zero-order valence-corrected chi connectivity index (χ0v) is 20.8. The molecule has 3 aromatic rings. The number of anilines is 1. The van der Waals surface area contributed by atoms with Gasteiger partial charge in [0.05, 0.1) is 11.2 Å². The lowest BCUT2D eigenvalue weighted by atomic mass is 9.82. The molecule has 6 nitrogen and oxygen atoms in total. The number of nitrogens with zero attached hydrogens (tertiary/aromatic N) is 4. The molecule has 1 saturated heterocycles. The van der Waals surface area contributed by atoms with Gasteiger partial charge in [-0.1, -0.05) is 39.8 Å². The highest BCUT2D eigenvalue weighted by atomic mass is 16.5. The van der Waals surface area contributed by atoms with Crippen LogP contribution in [0.2, 0.25) is 0 Å². The SMILES string of the molecule is CCC1CN(c2cc(=O)n(C)c3ccc(C#N)nc23)CC[C@@H]1Oc1ccc(C(C)(C)CC)cc1. The summed E-state index contributed by atoms with van der Waals surface area (Å²) in [5.74, 6) is 1.23. The summed E-state index contributed by atoms with van der Waals surface area (Å²) in [5, 5.41) is 9.34. The van der Waals surface area contributed by atoms with Crippen molar-refractivity contribution in [1.82, 2.24) is 9.55 Å². The van der Waals surface area contributed by atoms with Crippen molar-refractivity contribution in [3.05, 3.63) is 64.1 Å². The third kappa shape index (κ3) is 4.52. The van der Waals surface area contributed by atoms with Gasteiger partial charge in [-0.25, -0.2) is 4.98 Å². The third-order valence-corrected chi connectivity index (χ3v) is 7.52. The molecule has 0 radical (unpaired) electrons. The number of hydrogen-bond donors (Lipinski definition) is 0. The molecule has 0 amide bonds. The molecule has 1 aromatic carbocycles. The van der Waals surface area contributed by atoms with Gasteiger partial charge >= 0.3 is 0 Å². The summed E-state index contributed by atoms with van der Waals surface area (Å²) in [6.45, 7) is 10.5. The number of hydrogen-bond acceptors (Lipinski definition) is 5. The molecule has 0 aliphatic carbocycles. The molecule has 6 heteroatoms. The van der Waals surface area contributed by atoms with Crippen molar-refractivity contribution in [3.8, 4) is 11.8 Å². The van der Waals surface area contributed by atoms with Crippen molar-refractivity contribution in [3.63, 3.8) is 0 Å². The van der Waals surface area contributed by atoms with Crippen LogP contribution < -0.4 is 15.2 Å². The number of nitriles is 1. The number of pyridine rings is 2. The van der Waals surface area contributed by atoms with Crippen molar-refractivity contribution >= 4 is 16.7 Å². The molecule has 1 unspecified atom stereocenters. The highest BCUT2D eigenvalue weighted by molar-refractivity contribution is 5.88. The van der Waals surface area contributed by atoms with E-state index in [0.29, 0.717) is 17.1 Å². The van der Waals surface area contributed by atoms with Crippen LogP contribution in [0.1, 0.15) is 58.2 Å². The van der Waals surface area contributed by atoms with Crippen LogP contribution >= 0.6 is 0 Å². The van der Waals surface area contributed by atoms with Gasteiger partial charge in [-0.15, -0.1) is 0 Å². The van der Waals surface area contributed by atoms with Crippen molar-refractivity contribution in [2.75, 3.05) is 18.0 Å². The number of piperidine rings is 1. The number of benzene rings is 1. The molecule has 1 aliphatic heterocycles. The first-order valence-electron chi connectivity index (χ1n) is 12.2. The van der Waals surface area contributed by atoms with Crippen LogP contribution in [-0.2, 0) is 12.5 Å². The maximum Gasteiger partial charge on any atom is 0.252 e. The lowest BCUT2D eigenvalue weighted by Crippen LogP contribution is -2.46. The van der Waals surface area contributed by atoms with Gasteiger partial charge in [0, 0.05) is 38.5 Å². The Morgan fingerprint density at radius 1 is 1.18 bits per heavy atom. The predicted molar refractivity (Wildman–Crippen MR) is 136 cm³/mol. The summed E-state index contributed by atoms with van der Waals surface area (Å²) in [4.78, 5) is 19.4. The van der Waals surface area contributed by atoms with Crippen LogP contribution in [0.5, 0.6) is 5.75 Å². The molecule has 178 valence electrons. The van der Waals surface area contributed by atoms with Crippen LogP contribution in [0, 0.1) is 17.2 Å². The Hall–Kier alpha value is -3.33. The zero-order valence-electron chi connectivity index (χ0n) is 20.8. The number of aryl methyl sites for hydroxylation is 1. The molecular weight excluding hydrogens is 424 g/mol. The summed E-state index contributed by atoms with van der Waals surface area (Å²) in [5.41, 5.74) is 4.00. The summed E-state index contributed by atoms with van der Waals surface area (Å²) in [7, 11) is 1.74. The molecule has 0 spiro atoms. The lowest BCUT2D eigenvalue weighted by molar-refractivity contribution is 0.110. The number of fused-ring (bicyclic) bond motifs is 1. The van der Waals surface area contributed by atoms with E-state index in [1.54, 1.807) is 23.7 Å². The largest absolute Gasteiger partial charge is 0.490 e. The van der Waals surface area contributed by atoms with Crippen molar-refractivity contribution in [2.24, 2.45) is 13.0 Å². The molecule has 34 heavy (non-hydrogen) atoms.